The minimum absolute atomic E-state index is 0.0869. The highest BCUT2D eigenvalue weighted by Gasteiger charge is 2.14. The van der Waals surface area contributed by atoms with Gasteiger partial charge in [0.1, 0.15) is 0 Å². The smallest absolute Gasteiger partial charge is 0.196 e. The predicted octanol–water partition coefficient (Wildman–Crippen LogP) is 3.27. The number of ketones is 1. The second-order valence-electron chi connectivity index (χ2n) is 3.50. The Morgan fingerprint density at radius 3 is 2.62 bits per heavy atom. The highest BCUT2D eigenvalue weighted by molar-refractivity contribution is 6.35. The number of aromatic nitrogens is 1. The summed E-state index contributed by atoms with van der Waals surface area (Å²) in [6.07, 6.45) is 3.24. The van der Waals surface area contributed by atoms with Gasteiger partial charge in [-0.3, -0.25) is 9.78 Å². The molecule has 0 radical (unpaired) electrons. The molecular formula is C13H10ClNO. The maximum absolute atomic E-state index is 12.2. The van der Waals surface area contributed by atoms with Crippen molar-refractivity contribution in [2.75, 3.05) is 0 Å². The van der Waals surface area contributed by atoms with Crippen LogP contribution in [0.1, 0.15) is 21.5 Å². The monoisotopic (exact) mass is 231 g/mol. The number of carbonyl (C=O) groups is 1. The molecule has 0 fully saturated rings. The maximum Gasteiger partial charge on any atom is 0.196 e. The van der Waals surface area contributed by atoms with Crippen LogP contribution in [-0.4, -0.2) is 10.8 Å². The van der Waals surface area contributed by atoms with Crippen LogP contribution in [-0.2, 0) is 0 Å². The average Bonchev–Trinajstić information content (AvgIpc) is 2.29. The fourth-order valence-electron chi connectivity index (χ4n) is 1.49. The first-order valence-corrected chi connectivity index (χ1v) is 5.28. The van der Waals surface area contributed by atoms with E-state index in [2.05, 4.69) is 4.98 Å². The van der Waals surface area contributed by atoms with Crippen molar-refractivity contribution in [3.05, 3.63) is 64.4 Å². The molecule has 0 aliphatic heterocycles. The first kappa shape index (κ1) is 10.8. The molecule has 80 valence electrons. The Morgan fingerprint density at radius 2 is 1.94 bits per heavy atom. The van der Waals surface area contributed by atoms with Gasteiger partial charge >= 0.3 is 0 Å². The number of nitrogens with zero attached hydrogens (tertiary/aromatic N) is 1. The molecule has 0 amide bonds. The summed E-state index contributed by atoms with van der Waals surface area (Å²) in [6, 6.07) is 8.84. The molecule has 1 aromatic carbocycles. The van der Waals surface area contributed by atoms with E-state index in [1.165, 1.54) is 0 Å². The van der Waals surface area contributed by atoms with Gasteiger partial charge < -0.3 is 0 Å². The van der Waals surface area contributed by atoms with Crippen LogP contribution in [0.3, 0.4) is 0 Å². The van der Waals surface area contributed by atoms with E-state index in [0.717, 1.165) is 5.56 Å². The molecule has 0 N–H and O–H groups in total. The van der Waals surface area contributed by atoms with Crippen LogP contribution in [0.5, 0.6) is 0 Å². The van der Waals surface area contributed by atoms with Crippen LogP contribution in [0.15, 0.2) is 42.7 Å². The van der Waals surface area contributed by atoms with E-state index in [1.807, 2.05) is 13.0 Å². The fraction of sp³-hybridized carbons (Fsp3) is 0.0769. The Kier molecular flexibility index (Phi) is 3.02. The summed E-state index contributed by atoms with van der Waals surface area (Å²) in [6.45, 7) is 1.88. The molecule has 3 heteroatoms. The number of hydrogen-bond acceptors (Lipinski definition) is 2. The molecule has 1 aromatic heterocycles. The van der Waals surface area contributed by atoms with Crippen molar-refractivity contribution >= 4 is 17.4 Å². The molecule has 0 bridgehead atoms. The average molecular weight is 232 g/mol. The maximum atomic E-state index is 12.2. The van der Waals surface area contributed by atoms with Gasteiger partial charge in [0.25, 0.3) is 0 Å². The third-order valence-corrected chi connectivity index (χ3v) is 2.73. The molecule has 2 aromatic rings. The third kappa shape index (κ3) is 1.97. The van der Waals surface area contributed by atoms with Crippen molar-refractivity contribution in [3.63, 3.8) is 0 Å². The molecule has 0 aliphatic carbocycles. The minimum Gasteiger partial charge on any atom is -0.288 e. The van der Waals surface area contributed by atoms with Gasteiger partial charge in [-0.25, -0.2) is 0 Å². The van der Waals surface area contributed by atoms with E-state index in [1.54, 1.807) is 36.7 Å². The normalized spacial score (nSPS) is 10.1. The lowest BCUT2D eigenvalue weighted by Crippen LogP contribution is -2.04. The first-order chi connectivity index (χ1) is 7.70. The van der Waals surface area contributed by atoms with Crippen molar-refractivity contribution in [2.24, 2.45) is 0 Å². The molecule has 1 heterocycles. The Labute approximate surface area is 98.9 Å². The molecule has 0 unspecified atom stereocenters. The lowest BCUT2D eigenvalue weighted by molar-refractivity contribution is 0.103. The van der Waals surface area contributed by atoms with Crippen LogP contribution < -0.4 is 0 Å². The number of benzene rings is 1. The van der Waals surface area contributed by atoms with Gasteiger partial charge in [-0.05, 0) is 30.7 Å². The zero-order chi connectivity index (χ0) is 11.5. The Morgan fingerprint density at radius 1 is 1.19 bits per heavy atom. The van der Waals surface area contributed by atoms with E-state index in [4.69, 9.17) is 11.6 Å². The number of rotatable bonds is 2. The van der Waals surface area contributed by atoms with Crippen LogP contribution >= 0.6 is 11.6 Å². The molecule has 0 saturated heterocycles. The highest BCUT2D eigenvalue weighted by Crippen LogP contribution is 2.20. The van der Waals surface area contributed by atoms with Crippen molar-refractivity contribution in [1.82, 2.24) is 4.98 Å². The summed E-state index contributed by atoms with van der Waals surface area (Å²) in [4.78, 5) is 16.1. The van der Waals surface area contributed by atoms with Gasteiger partial charge in [0.2, 0.25) is 0 Å². The number of hydrogen-bond donors (Lipinski definition) is 0. The van der Waals surface area contributed by atoms with Crippen molar-refractivity contribution in [2.45, 2.75) is 6.92 Å². The van der Waals surface area contributed by atoms with Crippen LogP contribution in [0.25, 0.3) is 0 Å². The highest BCUT2D eigenvalue weighted by atomic mass is 35.5. The predicted molar refractivity (Wildman–Crippen MR) is 63.9 cm³/mol. The van der Waals surface area contributed by atoms with Crippen molar-refractivity contribution in [1.29, 1.82) is 0 Å². The quantitative estimate of drug-likeness (QED) is 0.743. The Balaban J connectivity index is 2.48. The van der Waals surface area contributed by atoms with Crippen LogP contribution in [0.4, 0.5) is 0 Å². The number of aryl methyl sites for hydroxylation is 1. The first-order valence-electron chi connectivity index (χ1n) is 4.90. The van der Waals surface area contributed by atoms with Gasteiger partial charge in [0, 0.05) is 23.5 Å². The van der Waals surface area contributed by atoms with Gasteiger partial charge in [-0.15, -0.1) is 0 Å². The minimum atomic E-state index is -0.0869. The zero-order valence-corrected chi connectivity index (χ0v) is 9.53. The summed E-state index contributed by atoms with van der Waals surface area (Å²) in [5.74, 6) is -0.0869. The summed E-state index contributed by atoms with van der Waals surface area (Å²) in [5, 5.41) is 0.468. The Hall–Kier alpha value is -1.67. The zero-order valence-electron chi connectivity index (χ0n) is 8.77. The number of carbonyl (C=O) groups excluding carboxylic acids is 1. The molecule has 0 spiro atoms. The molecule has 0 atom stereocenters. The summed E-state index contributed by atoms with van der Waals surface area (Å²) < 4.78 is 0. The summed E-state index contributed by atoms with van der Waals surface area (Å²) in [5.41, 5.74) is 2.01. The van der Waals surface area contributed by atoms with E-state index in [-0.39, 0.29) is 5.78 Å². The fourth-order valence-corrected chi connectivity index (χ4v) is 1.71. The Bertz CT molecular complexity index is 489. The second kappa shape index (κ2) is 4.45. The topological polar surface area (TPSA) is 30.0 Å². The van der Waals surface area contributed by atoms with Gasteiger partial charge in [0.05, 0.1) is 5.02 Å². The summed E-state index contributed by atoms with van der Waals surface area (Å²) >= 11 is 5.98. The molecule has 0 aliphatic rings. The lowest BCUT2D eigenvalue weighted by Gasteiger charge is -2.05. The van der Waals surface area contributed by atoms with Gasteiger partial charge in [-0.2, -0.15) is 0 Å². The molecule has 2 rings (SSSR count). The third-order valence-electron chi connectivity index (χ3n) is 2.40. The summed E-state index contributed by atoms with van der Waals surface area (Å²) in [7, 11) is 0. The largest absolute Gasteiger partial charge is 0.288 e. The van der Waals surface area contributed by atoms with Gasteiger partial charge in [-0.1, -0.05) is 23.7 Å². The van der Waals surface area contributed by atoms with Crippen LogP contribution in [0.2, 0.25) is 5.02 Å². The van der Waals surface area contributed by atoms with Crippen molar-refractivity contribution in [3.8, 4) is 0 Å². The number of pyridine rings is 1. The SMILES string of the molecule is Cc1ccncc1C(=O)c1ccccc1Cl. The molecule has 0 saturated carbocycles. The lowest BCUT2D eigenvalue weighted by atomic mass is 10.0. The van der Waals surface area contributed by atoms with Gasteiger partial charge in [0.15, 0.2) is 5.78 Å². The standard InChI is InChI=1S/C13H10ClNO/c1-9-6-7-15-8-11(9)13(16)10-4-2-3-5-12(10)14/h2-8H,1H3. The second-order valence-corrected chi connectivity index (χ2v) is 3.91. The molecular weight excluding hydrogens is 222 g/mol. The molecule has 2 nitrogen and oxygen atoms in total. The van der Waals surface area contributed by atoms with E-state index >= 15 is 0 Å². The molecule has 16 heavy (non-hydrogen) atoms. The van der Waals surface area contributed by atoms with Crippen LogP contribution in [0, 0.1) is 6.92 Å². The van der Waals surface area contributed by atoms with E-state index in [9.17, 15) is 4.79 Å². The van der Waals surface area contributed by atoms with E-state index < -0.39 is 0 Å². The number of halogens is 1. The van der Waals surface area contributed by atoms with E-state index in [0.29, 0.717) is 16.1 Å². The van der Waals surface area contributed by atoms with Crippen molar-refractivity contribution < 1.29 is 4.79 Å².